The number of hydrogen-bond donors (Lipinski definition) is 1. The first-order chi connectivity index (χ1) is 13.7. The van der Waals surface area contributed by atoms with Gasteiger partial charge in [-0.2, -0.15) is 13.2 Å². The van der Waals surface area contributed by atoms with Crippen LogP contribution in [0.25, 0.3) is 0 Å². The molecule has 0 saturated heterocycles. The molecule has 1 fully saturated rings. The van der Waals surface area contributed by atoms with Crippen molar-refractivity contribution in [2.75, 3.05) is 11.9 Å². The number of alkyl halides is 3. The van der Waals surface area contributed by atoms with Gasteiger partial charge < -0.3 is 10.1 Å². The maximum atomic E-state index is 13.0. The van der Waals surface area contributed by atoms with Crippen molar-refractivity contribution in [3.05, 3.63) is 46.7 Å². The van der Waals surface area contributed by atoms with Gasteiger partial charge in [-0.25, -0.2) is 9.97 Å². The molecule has 1 aromatic carbocycles. The van der Waals surface area contributed by atoms with Crippen LogP contribution in [-0.4, -0.2) is 22.5 Å². The van der Waals surface area contributed by atoms with Crippen LogP contribution in [0, 0.1) is 0 Å². The number of nitrogens with one attached hydrogen (secondary N) is 1. The summed E-state index contributed by atoms with van der Waals surface area (Å²) >= 11 is 5.83. The first-order valence-electron chi connectivity index (χ1n) is 9.40. The van der Waals surface area contributed by atoms with E-state index in [0.29, 0.717) is 18.5 Å². The van der Waals surface area contributed by atoms with Crippen LogP contribution in [0.1, 0.15) is 50.3 Å². The van der Waals surface area contributed by atoms with Crippen molar-refractivity contribution in [3.63, 3.8) is 0 Å². The van der Waals surface area contributed by atoms with Gasteiger partial charge in [-0.15, -0.1) is 0 Å². The van der Waals surface area contributed by atoms with E-state index < -0.39 is 17.2 Å². The first-order valence-corrected chi connectivity index (χ1v) is 9.78. The number of carbonyl (C=O) groups is 1. The molecule has 0 radical (unpaired) electrons. The molecule has 5 nitrogen and oxygen atoms in total. The molecule has 0 unspecified atom stereocenters. The van der Waals surface area contributed by atoms with E-state index in [-0.39, 0.29) is 29.2 Å². The molecule has 1 saturated carbocycles. The number of ether oxygens (including phenoxy) is 1. The van der Waals surface area contributed by atoms with Crippen LogP contribution >= 0.6 is 11.6 Å². The van der Waals surface area contributed by atoms with Crippen molar-refractivity contribution in [2.24, 2.45) is 0 Å². The Balaban J connectivity index is 1.93. The molecule has 2 aromatic rings. The highest BCUT2D eigenvalue weighted by molar-refractivity contribution is 6.31. The Bertz CT molecular complexity index is 884. The predicted octanol–water partition coefficient (Wildman–Crippen LogP) is 5.66. The largest absolute Gasteiger partial charge is 0.465 e. The van der Waals surface area contributed by atoms with Gasteiger partial charge in [0.2, 0.25) is 5.95 Å². The molecule has 0 aliphatic heterocycles. The van der Waals surface area contributed by atoms with Gasteiger partial charge in [0.05, 0.1) is 17.9 Å². The predicted molar refractivity (Wildman–Crippen MR) is 103 cm³/mol. The van der Waals surface area contributed by atoms with Crippen molar-refractivity contribution < 1.29 is 22.7 Å². The number of rotatable bonds is 5. The molecular formula is C20H21ClF3N3O2. The molecule has 0 atom stereocenters. The number of aromatic nitrogens is 2. The standard InChI is InChI=1S/C20H21ClF3N3O2/c1-2-29-17(28)19(7-4-3-5-8-19)16-6-9-25-18(27-16)26-15-11-13(20(22,23)24)10-14(21)12-15/h6,9-12H,2-5,7-8H2,1H3,(H,25,26,27). The van der Waals surface area contributed by atoms with E-state index in [1.807, 2.05) is 0 Å². The Morgan fingerprint density at radius 3 is 2.62 bits per heavy atom. The zero-order valence-electron chi connectivity index (χ0n) is 15.9. The minimum Gasteiger partial charge on any atom is -0.465 e. The lowest BCUT2D eigenvalue weighted by atomic mass is 9.71. The van der Waals surface area contributed by atoms with Gasteiger partial charge in [0.25, 0.3) is 0 Å². The van der Waals surface area contributed by atoms with Crippen LogP contribution in [0.3, 0.4) is 0 Å². The second kappa shape index (κ2) is 8.57. The van der Waals surface area contributed by atoms with E-state index in [4.69, 9.17) is 16.3 Å². The molecule has 3 rings (SSSR count). The smallest absolute Gasteiger partial charge is 0.416 e. The fourth-order valence-corrected chi connectivity index (χ4v) is 3.86. The summed E-state index contributed by atoms with van der Waals surface area (Å²) in [5, 5.41) is 2.70. The highest BCUT2D eigenvalue weighted by Gasteiger charge is 2.44. The number of hydrogen-bond acceptors (Lipinski definition) is 5. The Morgan fingerprint density at radius 2 is 1.97 bits per heavy atom. The summed E-state index contributed by atoms with van der Waals surface area (Å²) in [6.07, 6.45) is 0.939. The van der Waals surface area contributed by atoms with Gasteiger partial charge in [-0.1, -0.05) is 30.9 Å². The SMILES string of the molecule is CCOC(=O)C1(c2ccnc(Nc3cc(Cl)cc(C(F)(F)F)c3)n2)CCCCC1. The zero-order valence-corrected chi connectivity index (χ0v) is 16.6. The van der Waals surface area contributed by atoms with Crippen molar-refractivity contribution in [2.45, 2.75) is 50.6 Å². The lowest BCUT2D eigenvalue weighted by Crippen LogP contribution is -2.40. The third-order valence-electron chi connectivity index (χ3n) is 5.00. The lowest BCUT2D eigenvalue weighted by molar-refractivity contribution is -0.151. The van der Waals surface area contributed by atoms with E-state index in [1.165, 1.54) is 12.3 Å². The van der Waals surface area contributed by atoms with Crippen LogP contribution in [-0.2, 0) is 21.1 Å². The Kier molecular flexibility index (Phi) is 6.31. The molecule has 0 amide bonds. The number of benzene rings is 1. The summed E-state index contributed by atoms with van der Waals surface area (Å²) in [7, 11) is 0. The zero-order chi connectivity index (χ0) is 21.1. The monoisotopic (exact) mass is 427 g/mol. The molecule has 0 bridgehead atoms. The molecule has 9 heteroatoms. The molecular weight excluding hydrogens is 407 g/mol. The van der Waals surface area contributed by atoms with Crippen molar-refractivity contribution >= 4 is 29.2 Å². The lowest BCUT2D eigenvalue weighted by Gasteiger charge is -2.34. The molecule has 1 heterocycles. The molecule has 1 aromatic heterocycles. The summed E-state index contributed by atoms with van der Waals surface area (Å²) < 4.78 is 44.4. The van der Waals surface area contributed by atoms with Crippen molar-refractivity contribution in [3.8, 4) is 0 Å². The third kappa shape index (κ3) is 4.80. The van der Waals surface area contributed by atoms with Gasteiger partial charge in [0.1, 0.15) is 5.41 Å². The second-order valence-electron chi connectivity index (χ2n) is 6.98. The van der Waals surface area contributed by atoms with Crippen LogP contribution < -0.4 is 5.32 Å². The minimum absolute atomic E-state index is 0.0613. The van der Waals surface area contributed by atoms with E-state index >= 15 is 0 Å². The molecule has 156 valence electrons. The maximum absolute atomic E-state index is 13.0. The number of carbonyl (C=O) groups excluding carboxylic acids is 1. The van der Waals surface area contributed by atoms with Gasteiger partial charge in [0.15, 0.2) is 0 Å². The molecule has 0 spiro atoms. The van der Waals surface area contributed by atoms with Crippen LogP contribution in [0.2, 0.25) is 5.02 Å². The summed E-state index contributed by atoms with van der Waals surface area (Å²) in [6, 6.07) is 4.80. The Morgan fingerprint density at radius 1 is 1.24 bits per heavy atom. The topological polar surface area (TPSA) is 64.1 Å². The number of nitrogens with zero attached hydrogens (tertiary/aromatic N) is 2. The first kappa shape index (κ1) is 21.4. The summed E-state index contributed by atoms with van der Waals surface area (Å²) in [6.45, 7) is 2.01. The molecule has 1 N–H and O–H groups in total. The van der Waals surface area contributed by atoms with E-state index in [1.54, 1.807) is 13.0 Å². The minimum atomic E-state index is -4.53. The van der Waals surface area contributed by atoms with Crippen LogP contribution in [0.4, 0.5) is 24.8 Å². The maximum Gasteiger partial charge on any atom is 0.416 e. The van der Waals surface area contributed by atoms with Gasteiger partial charge in [-0.05, 0) is 44.0 Å². The Hall–Kier alpha value is -2.35. The van der Waals surface area contributed by atoms with E-state index in [2.05, 4.69) is 15.3 Å². The second-order valence-corrected chi connectivity index (χ2v) is 7.42. The third-order valence-corrected chi connectivity index (χ3v) is 5.22. The Labute approximate surface area is 171 Å². The fraction of sp³-hybridized carbons (Fsp3) is 0.450. The number of esters is 1. The molecule has 29 heavy (non-hydrogen) atoms. The van der Waals surface area contributed by atoms with E-state index in [9.17, 15) is 18.0 Å². The average molecular weight is 428 g/mol. The number of halogens is 4. The summed E-state index contributed by atoms with van der Waals surface area (Å²) in [4.78, 5) is 21.3. The van der Waals surface area contributed by atoms with Crippen LogP contribution in [0.5, 0.6) is 0 Å². The highest BCUT2D eigenvalue weighted by Crippen LogP contribution is 2.40. The highest BCUT2D eigenvalue weighted by atomic mass is 35.5. The van der Waals surface area contributed by atoms with Gasteiger partial charge in [-0.3, -0.25) is 4.79 Å². The molecule has 1 aliphatic carbocycles. The van der Waals surface area contributed by atoms with Gasteiger partial charge in [0, 0.05) is 16.9 Å². The fourth-order valence-electron chi connectivity index (χ4n) is 3.63. The summed E-state index contributed by atoms with van der Waals surface area (Å²) in [5.74, 6) is -0.237. The quantitative estimate of drug-likeness (QED) is 0.624. The van der Waals surface area contributed by atoms with Crippen molar-refractivity contribution in [1.29, 1.82) is 0 Å². The van der Waals surface area contributed by atoms with E-state index in [0.717, 1.165) is 31.4 Å². The average Bonchev–Trinajstić information content (AvgIpc) is 2.68. The summed E-state index contributed by atoms with van der Waals surface area (Å²) in [5.41, 5.74) is -1.13. The normalized spacial score (nSPS) is 16.3. The van der Waals surface area contributed by atoms with Crippen LogP contribution in [0.15, 0.2) is 30.5 Å². The van der Waals surface area contributed by atoms with Gasteiger partial charge >= 0.3 is 12.1 Å². The van der Waals surface area contributed by atoms with Crippen molar-refractivity contribution in [1.82, 2.24) is 9.97 Å². The molecule has 1 aliphatic rings. The number of anilines is 2.